The third-order valence-corrected chi connectivity index (χ3v) is 4.27. The van der Waals surface area contributed by atoms with Crippen LogP contribution in [0.3, 0.4) is 0 Å². The first kappa shape index (κ1) is 17.4. The number of rotatable bonds is 4. The fourth-order valence-electron chi connectivity index (χ4n) is 2.69. The van der Waals surface area contributed by atoms with Crippen molar-refractivity contribution in [3.8, 4) is 0 Å². The highest BCUT2D eigenvalue weighted by Gasteiger charge is 2.23. The summed E-state index contributed by atoms with van der Waals surface area (Å²) >= 11 is 5.85. The van der Waals surface area contributed by atoms with Crippen molar-refractivity contribution in [3.05, 3.63) is 46.7 Å². The second-order valence-electron chi connectivity index (χ2n) is 5.95. The van der Waals surface area contributed by atoms with Crippen LogP contribution in [0.25, 0.3) is 0 Å². The van der Waals surface area contributed by atoms with Gasteiger partial charge in [0.15, 0.2) is 5.82 Å². The van der Waals surface area contributed by atoms with Crippen LogP contribution in [0.15, 0.2) is 34.9 Å². The quantitative estimate of drug-likeness (QED) is 0.900. The summed E-state index contributed by atoms with van der Waals surface area (Å²) in [5.41, 5.74) is 0.622. The molecule has 2 amide bonds. The molecule has 2 aromatic rings. The van der Waals surface area contributed by atoms with E-state index in [2.05, 4.69) is 10.5 Å². The van der Waals surface area contributed by atoms with Gasteiger partial charge >= 0.3 is 0 Å². The zero-order valence-electron chi connectivity index (χ0n) is 13.9. The highest BCUT2D eigenvalue weighted by Crippen LogP contribution is 2.13. The van der Waals surface area contributed by atoms with E-state index in [0.29, 0.717) is 48.3 Å². The van der Waals surface area contributed by atoms with Gasteiger partial charge in [0.2, 0.25) is 5.91 Å². The van der Waals surface area contributed by atoms with E-state index >= 15 is 0 Å². The maximum atomic E-state index is 12.4. The summed E-state index contributed by atoms with van der Waals surface area (Å²) in [5.74, 6) is 0.897. The molecule has 1 aliphatic rings. The average Bonchev–Trinajstić information content (AvgIpc) is 3.00. The molecule has 0 unspecified atom stereocenters. The number of anilines is 1. The first-order chi connectivity index (χ1) is 12.0. The lowest BCUT2D eigenvalue weighted by Gasteiger charge is -2.34. The van der Waals surface area contributed by atoms with Crippen LogP contribution in [0.1, 0.15) is 16.1 Å². The van der Waals surface area contributed by atoms with Crippen LogP contribution in [-0.2, 0) is 4.79 Å². The first-order valence-electron chi connectivity index (χ1n) is 8.01. The highest BCUT2D eigenvalue weighted by atomic mass is 35.5. The summed E-state index contributed by atoms with van der Waals surface area (Å²) in [6.45, 7) is 4.47. The van der Waals surface area contributed by atoms with Crippen molar-refractivity contribution in [2.45, 2.75) is 6.92 Å². The summed E-state index contributed by atoms with van der Waals surface area (Å²) in [4.78, 5) is 28.3. The molecule has 1 aliphatic heterocycles. The van der Waals surface area contributed by atoms with E-state index in [1.54, 1.807) is 42.2 Å². The van der Waals surface area contributed by atoms with Gasteiger partial charge in [-0.05, 0) is 31.2 Å². The van der Waals surface area contributed by atoms with Crippen LogP contribution in [0, 0.1) is 6.92 Å². The minimum Gasteiger partial charge on any atom is -0.360 e. The third-order valence-electron chi connectivity index (χ3n) is 4.01. The number of hydrogen-bond acceptors (Lipinski definition) is 5. The van der Waals surface area contributed by atoms with Crippen molar-refractivity contribution in [2.24, 2.45) is 0 Å². The number of nitrogens with one attached hydrogen (secondary N) is 1. The van der Waals surface area contributed by atoms with Gasteiger partial charge in [0, 0.05) is 42.8 Å². The summed E-state index contributed by atoms with van der Waals surface area (Å²) in [6, 6.07) is 8.54. The molecular weight excluding hydrogens is 344 g/mol. The molecule has 0 bridgehead atoms. The highest BCUT2D eigenvalue weighted by molar-refractivity contribution is 6.30. The Kier molecular flexibility index (Phi) is 5.35. The van der Waals surface area contributed by atoms with Crippen LogP contribution >= 0.6 is 11.6 Å². The second-order valence-corrected chi connectivity index (χ2v) is 6.38. The van der Waals surface area contributed by atoms with Gasteiger partial charge in [0.05, 0.1) is 6.54 Å². The third kappa shape index (κ3) is 4.58. The maximum absolute atomic E-state index is 12.4. The Balaban J connectivity index is 1.47. The number of halogens is 1. The molecule has 3 rings (SSSR count). The van der Waals surface area contributed by atoms with Gasteiger partial charge in [-0.1, -0.05) is 16.8 Å². The number of aryl methyl sites for hydroxylation is 1. The van der Waals surface area contributed by atoms with Crippen LogP contribution in [0.4, 0.5) is 5.82 Å². The van der Waals surface area contributed by atoms with Crippen LogP contribution in [-0.4, -0.2) is 59.5 Å². The molecule has 1 N–H and O–H groups in total. The van der Waals surface area contributed by atoms with Crippen LogP contribution < -0.4 is 5.32 Å². The van der Waals surface area contributed by atoms with Crippen LogP contribution in [0.2, 0.25) is 5.02 Å². The number of carbonyl (C=O) groups excluding carboxylic acids is 2. The van der Waals surface area contributed by atoms with E-state index in [1.165, 1.54) is 0 Å². The molecule has 0 spiro atoms. The van der Waals surface area contributed by atoms with E-state index < -0.39 is 0 Å². The van der Waals surface area contributed by atoms with Gasteiger partial charge in [0.25, 0.3) is 5.91 Å². The minimum absolute atomic E-state index is 0.0150. The fourth-order valence-corrected chi connectivity index (χ4v) is 2.82. The molecule has 0 radical (unpaired) electrons. The van der Waals surface area contributed by atoms with E-state index in [9.17, 15) is 9.59 Å². The van der Waals surface area contributed by atoms with Crippen molar-refractivity contribution in [2.75, 3.05) is 38.0 Å². The number of hydrogen-bond donors (Lipinski definition) is 1. The molecular formula is C17H19ClN4O3. The first-order valence-corrected chi connectivity index (χ1v) is 8.39. The van der Waals surface area contributed by atoms with Crippen molar-refractivity contribution in [3.63, 3.8) is 0 Å². The fraction of sp³-hybridized carbons (Fsp3) is 0.353. The van der Waals surface area contributed by atoms with Gasteiger partial charge in [-0.15, -0.1) is 0 Å². The van der Waals surface area contributed by atoms with Crippen molar-refractivity contribution in [1.82, 2.24) is 15.0 Å². The Morgan fingerprint density at radius 2 is 1.88 bits per heavy atom. The van der Waals surface area contributed by atoms with E-state index in [0.717, 1.165) is 0 Å². The van der Waals surface area contributed by atoms with Gasteiger partial charge in [0.1, 0.15) is 5.76 Å². The molecule has 1 aromatic carbocycles. The van der Waals surface area contributed by atoms with E-state index in [1.807, 2.05) is 4.90 Å². The largest absolute Gasteiger partial charge is 0.360 e. The molecule has 0 saturated carbocycles. The Morgan fingerprint density at radius 1 is 1.20 bits per heavy atom. The molecule has 7 nitrogen and oxygen atoms in total. The number of carbonyl (C=O) groups is 2. The normalized spacial score (nSPS) is 15.2. The monoisotopic (exact) mass is 362 g/mol. The van der Waals surface area contributed by atoms with E-state index in [4.69, 9.17) is 16.1 Å². The molecule has 1 fully saturated rings. The average molecular weight is 363 g/mol. The molecule has 0 aliphatic carbocycles. The minimum atomic E-state index is -0.147. The summed E-state index contributed by atoms with van der Waals surface area (Å²) in [6.07, 6.45) is 0. The van der Waals surface area contributed by atoms with Gasteiger partial charge in [-0.3, -0.25) is 14.5 Å². The Bertz CT molecular complexity index is 752. The van der Waals surface area contributed by atoms with Gasteiger partial charge in [-0.25, -0.2) is 0 Å². The predicted molar refractivity (Wildman–Crippen MR) is 93.7 cm³/mol. The molecule has 1 aromatic heterocycles. The smallest absolute Gasteiger partial charge is 0.253 e. The predicted octanol–water partition coefficient (Wildman–Crippen LogP) is 2.03. The number of benzene rings is 1. The summed E-state index contributed by atoms with van der Waals surface area (Å²) in [5, 5.41) is 7.04. The second kappa shape index (κ2) is 7.67. The SMILES string of the molecule is Cc1cc(NC(=O)CN2CCN(C(=O)c3ccc(Cl)cc3)CC2)no1. The molecule has 8 heteroatoms. The summed E-state index contributed by atoms with van der Waals surface area (Å²) < 4.78 is 4.91. The molecule has 1 saturated heterocycles. The maximum Gasteiger partial charge on any atom is 0.253 e. The van der Waals surface area contributed by atoms with Gasteiger partial charge in [-0.2, -0.15) is 0 Å². The Morgan fingerprint density at radius 3 is 2.48 bits per heavy atom. The number of nitrogens with zero attached hydrogens (tertiary/aromatic N) is 3. The zero-order valence-corrected chi connectivity index (χ0v) is 14.6. The standard InChI is InChI=1S/C17H19ClN4O3/c1-12-10-15(20-25-12)19-16(23)11-21-6-8-22(9-7-21)17(24)13-2-4-14(18)5-3-13/h2-5,10H,6-9,11H2,1H3,(H,19,20,23). The number of aromatic nitrogens is 1. The van der Waals surface area contributed by atoms with Crippen molar-refractivity contribution in [1.29, 1.82) is 0 Å². The number of piperazine rings is 1. The summed E-state index contributed by atoms with van der Waals surface area (Å²) in [7, 11) is 0. The molecule has 132 valence electrons. The Hall–Kier alpha value is -2.38. The van der Waals surface area contributed by atoms with Gasteiger partial charge < -0.3 is 14.7 Å². The lowest BCUT2D eigenvalue weighted by atomic mass is 10.2. The van der Waals surface area contributed by atoms with Crippen molar-refractivity contribution >= 4 is 29.2 Å². The molecule has 25 heavy (non-hydrogen) atoms. The topological polar surface area (TPSA) is 78.7 Å². The number of amides is 2. The zero-order chi connectivity index (χ0) is 17.8. The molecule has 0 atom stereocenters. The van der Waals surface area contributed by atoms with Crippen LogP contribution in [0.5, 0.6) is 0 Å². The Labute approximate surface area is 150 Å². The van der Waals surface area contributed by atoms with Crippen molar-refractivity contribution < 1.29 is 14.1 Å². The lowest BCUT2D eigenvalue weighted by Crippen LogP contribution is -2.50. The molecule has 2 heterocycles. The van der Waals surface area contributed by atoms with E-state index in [-0.39, 0.29) is 18.4 Å². The lowest BCUT2D eigenvalue weighted by molar-refractivity contribution is -0.117.